The smallest absolute Gasteiger partial charge is 0.225 e. The van der Waals surface area contributed by atoms with E-state index in [-0.39, 0.29) is 6.04 Å². The van der Waals surface area contributed by atoms with Crippen LogP contribution in [0, 0.1) is 6.92 Å². The van der Waals surface area contributed by atoms with Crippen molar-refractivity contribution in [3.63, 3.8) is 0 Å². The summed E-state index contributed by atoms with van der Waals surface area (Å²) >= 11 is 0. The van der Waals surface area contributed by atoms with Crippen LogP contribution in [0.15, 0.2) is 85.3 Å². The number of nitrogens with one attached hydrogen (secondary N) is 1. The first-order valence-electron chi connectivity index (χ1n) is 10.6. The maximum Gasteiger partial charge on any atom is 0.225 e. The summed E-state index contributed by atoms with van der Waals surface area (Å²) in [5.74, 6) is 1.34. The fourth-order valence-electron chi connectivity index (χ4n) is 3.77. The zero-order valence-electron chi connectivity index (χ0n) is 18.0. The normalized spacial score (nSPS) is 12.1. The van der Waals surface area contributed by atoms with E-state index >= 15 is 0 Å². The van der Waals surface area contributed by atoms with Crippen LogP contribution in [0.3, 0.4) is 0 Å². The van der Waals surface area contributed by atoms with Gasteiger partial charge in [0.2, 0.25) is 5.95 Å². The Bertz CT molecular complexity index is 1390. The second kappa shape index (κ2) is 8.15. The largest absolute Gasteiger partial charge is 0.398 e. The number of benzene rings is 3. The van der Waals surface area contributed by atoms with E-state index in [1.165, 1.54) is 5.56 Å². The number of rotatable bonds is 5. The van der Waals surface area contributed by atoms with Gasteiger partial charge in [0.15, 0.2) is 0 Å². The minimum Gasteiger partial charge on any atom is -0.398 e. The molecule has 1 unspecified atom stereocenters. The molecule has 0 saturated heterocycles. The van der Waals surface area contributed by atoms with Crippen molar-refractivity contribution in [2.75, 3.05) is 11.1 Å². The Hall–Kier alpha value is -4.19. The molecule has 0 radical (unpaired) electrons. The lowest BCUT2D eigenvalue weighted by Gasteiger charge is -2.14. The molecule has 0 bridgehead atoms. The minimum atomic E-state index is 0.0930. The van der Waals surface area contributed by atoms with Crippen molar-refractivity contribution in [3.05, 3.63) is 96.4 Å². The summed E-state index contributed by atoms with van der Waals surface area (Å²) in [7, 11) is 0. The van der Waals surface area contributed by atoms with E-state index in [1.807, 2.05) is 47.9 Å². The van der Waals surface area contributed by atoms with Crippen LogP contribution in [0.25, 0.3) is 28.0 Å². The highest BCUT2D eigenvalue weighted by atomic mass is 15.2. The first kappa shape index (κ1) is 19.8. The third kappa shape index (κ3) is 3.78. The molecule has 32 heavy (non-hydrogen) atoms. The van der Waals surface area contributed by atoms with E-state index in [0.717, 1.165) is 39.2 Å². The molecule has 2 heterocycles. The van der Waals surface area contributed by atoms with E-state index in [2.05, 4.69) is 58.6 Å². The van der Waals surface area contributed by atoms with Gasteiger partial charge in [0.05, 0.1) is 17.1 Å². The average molecular weight is 421 g/mol. The monoisotopic (exact) mass is 420 g/mol. The van der Waals surface area contributed by atoms with Gasteiger partial charge in [-0.05, 0) is 60.4 Å². The van der Waals surface area contributed by atoms with Gasteiger partial charge < -0.3 is 11.1 Å². The highest BCUT2D eigenvalue weighted by Crippen LogP contribution is 2.28. The number of fused-ring (bicyclic) bond motifs is 1. The molecule has 0 aliphatic carbocycles. The predicted octanol–water partition coefficient (Wildman–Crippen LogP) is 5.55. The van der Waals surface area contributed by atoms with Gasteiger partial charge >= 0.3 is 0 Å². The van der Waals surface area contributed by atoms with Crippen molar-refractivity contribution < 1.29 is 0 Å². The van der Waals surface area contributed by atoms with E-state index in [4.69, 9.17) is 10.7 Å². The van der Waals surface area contributed by atoms with Crippen LogP contribution < -0.4 is 11.1 Å². The fraction of sp³-hybridized carbons (Fsp3) is 0.115. The predicted molar refractivity (Wildman–Crippen MR) is 130 cm³/mol. The summed E-state index contributed by atoms with van der Waals surface area (Å²) < 4.78 is 1.97. The Kier molecular flexibility index (Phi) is 5.03. The van der Waals surface area contributed by atoms with Crippen LogP contribution >= 0.6 is 0 Å². The third-order valence-corrected chi connectivity index (χ3v) is 5.69. The second-order valence-corrected chi connectivity index (χ2v) is 7.90. The second-order valence-electron chi connectivity index (χ2n) is 7.90. The first-order valence-corrected chi connectivity index (χ1v) is 10.6. The van der Waals surface area contributed by atoms with E-state index < -0.39 is 0 Å². The van der Waals surface area contributed by atoms with E-state index in [1.54, 1.807) is 12.5 Å². The van der Waals surface area contributed by atoms with Crippen molar-refractivity contribution >= 4 is 22.7 Å². The van der Waals surface area contributed by atoms with E-state index in [0.29, 0.717) is 5.95 Å². The molecule has 0 fully saturated rings. The highest BCUT2D eigenvalue weighted by Gasteiger charge is 2.11. The van der Waals surface area contributed by atoms with Crippen LogP contribution in [0.5, 0.6) is 0 Å². The molecule has 0 saturated carbocycles. The molecule has 5 aromatic rings. The molecule has 6 heteroatoms. The van der Waals surface area contributed by atoms with Crippen molar-refractivity contribution in [3.8, 4) is 16.9 Å². The fourth-order valence-corrected chi connectivity index (χ4v) is 3.77. The van der Waals surface area contributed by atoms with Crippen molar-refractivity contribution in [1.82, 2.24) is 19.5 Å². The van der Waals surface area contributed by atoms with Crippen molar-refractivity contribution in [2.24, 2.45) is 0 Å². The summed E-state index contributed by atoms with van der Waals surface area (Å²) in [5.41, 5.74) is 13.2. The average Bonchev–Trinajstić information content (AvgIpc) is 3.25. The van der Waals surface area contributed by atoms with Crippen LogP contribution in [0.1, 0.15) is 24.1 Å². The van der Waals surface area contributed by atoms with Gasteiger partial charge in [0.1, 0.15) is 12.1 Å². The number of anilines is 2. The summed E-state index contributed by atoms with van der Waals surface area (Å²) in [6, 6.07) is 24.6. The number of aromatic nitrogens is 4. The van der Waals surface area contributed by atoms with Crippen LogP contribution in [0.4, 0.5) is 11.6 Å². The maximum absolute atomic E-state index is 6.10. The summed E-state index contributed by atoms with van der Waals surface area (Å²) in [6.45, 7) is 4.10. The molecule has 158 valence electrons. The lowest BCUT2D eigenvalue weighted by molar-refractivity contribution is 0.854. The molecular formula is C26H24N6. The van der Waals surface area contributed by atoms with Crippen LogP contribution in [-0.2, 0) is 0 Å². The summed E-state index contributed by atoms with van der Waals surface area (Å²) in [6.07, 6.45) is 3.56. The molecule has 0 aliphatic rings. The summed E-state index contributed by atoms with van der Waals surface area (Å²) in [4.78, 5) is 13.7. The topological polar surface area (TPSA) is 81.7 Å². The lowest BCUT2D eigenvalue weighted by atomic mass is 10.0. The van der Waals surface area contributed by atoms with Gasteiger partial charge in [-0.15, -0.1) is 0 Å². The quantitative estimate of drug-likeness (QED) is 0.365. The Labute approximate surface area is 186 Å². The number of nitrogens with two attached hydrogens (primary N) is 1. The molecular weight excluding hydrogens is 396 g/mol. The number of aryl methyl sites for hydroxylation is 1. The maximum atomic E-state index is 6.10. The summed E-state index contributed by atoms with van der Waals surface area (Å²) in [5, 5.41) is 3.38. The van der Waals surface area contributed by atoms with Gasteiger partial charge in [0, 0.05) is 11.9 Å². The molecule has 5 rings (SSSR count). The van der Waals surface area contributed by atoms with Gasteiger partial charge in [-0.3, -0.25) is 4.57 Å². The van der Waals surface area contributed by atoms with Crippen molar-refractivity contribution in [2.45, 2.75) is 19.9 Å². The lowest BCUT2D eigenvalue weighted by Crippen LogP contribution is -2.10. The SMILES string of the molecule is Cc1ccc(-c2ccc3c(c2)ncn3-c2ccnc(NC(C)c3ccccc3)n2)cc1N. The molecule has 3 N–H and O–H groups in total. The molecule has 6 nitrogen and oxygen atoms in total. The Morgan fingerprint density at radius 3 is 2.50 bits per heavy atom. The van der Waals surface area contributed by atoms with E-state index in [9.17, 15) is 0 Å². The van der Waals surface area contributed by atoms with Gasteiger partial charge in [-0.2, -0.15) is 4.98 Å². The number of hydrogen-bond acceptors (Lipinski definition) is 5. The molecule has 0 spiro atoms. The molecule has 0 aliphatic heterocycles. The number of nitrogen functional groups attached to an aromatic ring is 1. The number of nitrogens with zero attached hydrogens (tertiary/aromatic N) is 4. The molecule has 1 atom stereocenters. The van der Waals surface area contributed by atoms with Crippen LogP contribution in [0.2, 0.25) is 0 Å². The molecule has 2 aromatic heterocycles. The molecule has 0 amide bonds. The van der Waals surface area contributed by atoms with Crippen LogP contribution in [-0.4, -0.2) is 19.5 Å². The first-order chi connectivity index (χ1) is 15.6. The zero-order chi connectivity index (χ0) is 22.1. The van der Waals surface area contributed by atoms with Gasteiger partial charge in [-0.25, -0.2) is 9.97 Å². The number of hydrogen-bond donors (Lipinski definition) is 2. The Morgan fingerprint density at radius 1 is 0.906 bits per heavy atom. The standard InChI is InChI=1S/C26H24N6/c1-17-8-9-20(14-22(17)27)21-10-11-24-23(15-21)29-16-32(24)25-12-13-28-26(31-25)30-18(2)19-6-4-3-5-7-19/h3-16,18H,27H2,1-2H3,(H,28,30,31). The zero-order valence-corrected chi connectivity index (χ0v) is 18.0. The highest BCUT2D eigenvalue weighted by molar-refractivity contribution is 5.84. The number of imidazole rings is 1. The Morgan fingerprint density at radius 2 is 1.69 bits per heavy atom. The molecule has 3 aromatic carbocycles. The third-order valence-electron chi connectivity index (χ3n) is 5.69. The van der Waals surface area contributed by atoms with Crippen molar-refractivity contribution in [1.29, 1.82) is 0 Å². The van der Waals surface area contributed by atoms with Gasteiger partial charge in [-0.1, -0.05) is 48.5 Å². The minimum absolute atomic E-state index is 0.0930. The van der Waals surface area contributed by atoms with Gasteiger partial charge in [0.25, 0.3) is 0 Å². The Balaban J connectivity index is 1.45.